The average Bonchev–Trinajstić information content (AvgIpc) is 2.54. The SMILES string of the molecule is COc1cccc(C(=O)N[C@@H](C)c2ccncc2)c1OC. The lowest BCUT2D eigenvalue weighted by molar-refractivity contribution is 0.0936. The molecular weight excluding hydrogens is 268 g/mol. The maximum Gasteiger partial charge on any atom is 0.255 e. The first-order valence-corrected chi connectivity index (χ1v) is 6.59. The second-order valence-corrected chi connectivity index (χ2v) is 4.52. The summed E-state index contributed by atoms with van der Waals surface area (Å²) in [6, 6.07) is 8.82. The van der Waals surface area contributed by atoms with Crippen LogP contribution in [0, 0.1) is 0 Å². The molecule has 1 amide bonds. The van der Waals surface area contributed by atoms with E-state index in [0.717, 1.165) is 5.56 Å². The topological polar surface area (TPSA) is 60.5 Å². The van der Waals surface area contributed by atoms with Gasteiger partial charge in [-0.05, 0) is 36.8 Å². The van der Waals surface area contributed by atoms with Crippen molar-refractivity contribution in [1.82, 2.24) is 10.3 Å². The third-order valence-corrected chi connectivity index (χ3v) is 3.20. The zero-order chi connectivity index (χ0) is 15.2. The molecule has 2 rings (SSSR count). The molecule has 5 heteroatoms. The molecule has 0 spiro atoms. The number of aromatic nitrogens is 1. The van der Waals surface area contributed by atoms with E-state index in [1.807, 2.05) is 19.1 Å². The Bertz CT molecular complexity index is 614. The molecule has 0 aliphatic carbocycles. The highest BCUT2D eigenvalue weighted by Gasteiger charge is 2.18. The van der Waals surface area contributed by atoms with E-state index in [2.05, 4.69) is 10.3 Å². The number of ether oxygens (including phenoxy) is 2. The molecular formula is C16H18N2O3. The van der Waals surface area contributed by atoms with Gasteiger partial charge in [0.05, 0.1) is 25.8 Å². The summed E-state index contributed by atoms with van der Waals surface area (Å²) in [5.41, 5.74) is 1.43. The zero-order valence-corrected chi connectivity index (χ0v) is 12.3. The number of carbonyl (C=O) groups is 1. The third-order valence-electron chi connectivity index (χ3n) is 3.20. The van der Waals surface area contributed by atoms with E-state index in [1.165, 1.54) is 7.11 Å². The van der Waals surface area contributed by atoms with E-state index in [1.54, 1.807) is 37.7 Å². The van der Waals surface area contributed by atoms with Gasteiger partial charge in [0.15, 0.2) is 11.5 Å². The summed E-state index contributed by atoms with van der Waals surface area (Å²) < 4.78 is 10.5. The number of nitrogens with zero attached hydrogens (tertiary/aromatic N) is 1. The number of hydrogen-bond donors (Lipinski definition) is 1. The number of amides is 1. The van der Waals surface area contributed by atoms with Crippen molar-refractivity contribution < 1.29 is 14.3 Å². The predicted octanol–water partition coefficient (Wildman–Crippen LogP) is 2.59. The van der Waals surface area contributed by atoms with Crippen molar-refractivity contribution >= 4 is 5.91 Å². The lowest BCUT2D eigenvalue weighted by Crippen LogP contribution is -2.27. The molecule has 0 bridgehead atoms. The van der Waals surface area contributed by atoms with Gasteiger partial charge in [0, 0.05) is 12.4 Å². The third kappa shape index (κ3) is 3.31. The van der Waals surface area contributed by atoms with Crippen LogP contribution in [0.15, 0.2) is 42.7 Å². The van der Waals surface area contributed by atoms with Gasteiger partial charge in [0.1, 0.15) is 0 Å². The van der Waals surface area contributed by atoms with Gasteiger partial charge in [-0.3, -0.25) is 9.78 Å². The summed E-state index contributed by atoms with van der Waals surface area (Å²) >= 11 is 0. The van der Waals surface area contributed by atoms with Crippen LogP contribution in [-0.2, 0) is 0 Å². The van der Waals surface area contributed by atoms with Crippen LogP contribution in [-0.4, -0.2) is 25.1 Å². The van der Waals surface area contributed by atoms with Crippen molar-refractivity contribution in [3.05, 3.63) is 53.9 Å². The normalized spacial score (nSPS) is 11.6. The van der Waals surface area contributed by atoms with Gasteiger partial charge in [-0.2, -0.15) is 0 Å². The van der Waals surface area contributed by atoms with Crippen LogP contribution >= 0.6 is 0 Å². The molecule has 5 nitrogen and oxygen atoms in total. The Kier molecular flexibility index (Phi) is 4.77. The molecule has 2 aromatic rings. The molecule has 0 saturated carbocycles. The van der Waals surface area contributed by atoms with E-state index in [-0.39, 0.29) is 11.9 Å². The van der Waals surface area contributed by atoms with E-state index < -0.39 is 0 Å². The highest BCUT2D eigenvalue weighted by Crippen LogP contribution is 2.30. The Morgan fingerprint density at radius 2 is 1.86 bits per heavy atom. The van der Waals surface area contributed by atoms with E-state index in [0.29, 0.717) is 17.1 Å². The number of pyridine rings is 1. The number of hydrogen-bond acceptors (Lipinski definition) is 4. The van der Waals surface area contributed by atoms with Crippen molar-refractivity contribution in [2.75, 3.05) is 14.2 Å². The van der Waals surface area contributed by atoms with Gasteiger partial charge in [-0.15, -0.1) is 0 Å². The minimum absolute atomic E-state index is 0.128. The lowest BCUT2D eigenvalue weighted by atomic mass is 10.1. The Labute approximate surface area is 123 Å². The first kappa shape index (κ1) is 14.8. The first-order chi connectivity index (χ1) is 10.2. The molecule has 1 atom stereocenters. The zero-order valence-electron chi connectivity index (χ0n) is 12.3. The summed E-state index contributed by atoms with van der Waals surface area (Å²) in [5, 5.41) is 2.94. The van der Waals surface area contributed by atoms with Gasteiger partial charge in [0.25, 0.3) is 5.91 Å². The molecule has 1 heterocycles. The molecule has 0 aliphatic rings. The smallest absolute Gasteiger partial charge is 0.255 e. The van der Waals surface area contributed by atoms with Gasteiger partial charge >= 0.3 is 0 Å². The van der Waals surface area contributed by atoms with Crippen molar-refractivity contribution in [2.24, 2.45) is 0 Å². The van der Waals surface area contributed by atoms with Gasteiger partial charge in [-0.1, -0.05) is 6.07 Å². The molecule has 1 N–H and O–H groups in total. The minimum Gasteiger partial charge on any atom is -0.493 e. The Hall–Kier alpha value is -2.56. The summed E-state index contributed by atoms with van der Waals surface area (Å²) in [6.45, 7) is 1.92. The summed E-state index contributed by atoms with van der Waals surface area (Å²) in [6.07, 6.45) is 3.40. The Balaban J connectivity index is 2.21. The number of rotatable bonds is 5. The number of carbonyl (C=O) groups excluding carboxylic acids is 1. The quantitative estimate of drug-likeness (QED) is 0.917. The molecule has 1 aromatic heterocycles. The standard InChI is InChI=1S/C16H18N2O3/c1-11(12-7-9-17-10-8-12)18-16(19)13-5-4-6-14(20-2)15(13)21-3/h4-11H,1-3H3,(H,18,19)/t11-/m0/s1. The van der Waals surface area contributed by atoms with Crippen LogP contribution in [0.25, 0.3) is 0 Å². The minimum atomic E-state index is -0.213. The van der Waals surface area contributed by atoms with Crippen LogP contribution in [0.5, 0.6) is 11.5 Å². The fraction of sp³-hybridized carbons (Fsp3) is 0.250. The summed E-state index contributed by atoms with van der Waals surface area (Å²) in [7, 11) is 3.06. The van der Waals surface area contributed by atoms with Crippen molar-refractivity contribution in [1.29, 1.82) is 0 Å². The van der Waals surface area contributed by atoms with E-state index in [9.17, 15) is 4.79 Å². The monoisotopic (exact) mass is 286 g/mol. The van der Waals surface area contributed by atoms with Gasteiger partial charge < -0.3 is 14.8 Å². The van der Waals surface area contributed by atoms with Gasteiger partial charge in [0.2, 0.25) is 0 Å². The van der Waals surface area contributed by atoms with Crippen molar-refractivity contribution in [3.63, 3.8) is 0 Å². The highest BCUT2D eigenvalue weighted by atomic mass is 16.5. The number of nitrogens with one attached hydrogen (secondary N) is 1. The summed E-state index contributed by atoms with van der Waals surface area (Å²) in [4.78, 5) is 16.4. The molecule has 0 fully saturated rings. The van der Waals surface area contributed by atoms with Crippen LogP contribution in [0.3, 0.4) is 0 Å². The molecule has 0 aliphatic heterocycles. The maximum absolute atomic E-state index is 12.4. The van der Waals surface area contributed by atoms with Crippen molar-refractivity contribution in [2.45, 2.75) is 13.0 Å². The molecule has 1 aromatic carbocycles. The average molecular weight is 286 g/mol. The molecule has 0 radical (unpaired) electrons. The molecule has 0 saturated heterocycles. The van der Waals surface area contributed by atoms with Crippen LogP contribution in [0.4, 0.5) is 0 Å². The van der Waals surface area contributed by atoms with Crippen LogP contribution in [0.2, 0.25) is 0 Å². The Morgan fingerprint density at radius 3 is 2.48 bits per heavy atom. The van der Waals surface area contributed by atoms with E-state index in [4.69, 9.17) is 9.47 Å². The highest BCUT2D eigenvalue weighted by molar-refractivity contribution is 5.98. The second kappa shape index (κ2) is 6.74. The number of benzene rings is 1. The number of methoxy groups -OCH3 is 2. The fourth-order valence-electron chi connectivity index (χ4n) is 2.08. The maximum atomic E-state index is 12.4. The summed E-state index contributed by atoms with van der Waals surface area (Å²) in [5.74, 6) is 0.746. The van der Waals surface area contributed by atoms with Crippen LogP contribution < -0.4 is 14.8 Å². The molecule has 110 valence electrons. The van der Waals surface area contributed by atoms with Crippen LogP contribution in [0.1, 0.15) is 28.9 Å². The van der Waals surface area contributed by atoms with Gasteiger partial charge in [-0.25, -0.2) is 0 Å². The largest absolute Gasteiger partial charge is 0.493 e. The lowest BCUT2D eigenvalue weighted by Gasteiger charge is -2.16. The number of para-hydroxylation sites is 1. The Morgan fingerprint density at radius 1 is 1.14 bits per heavy atom. The molecule has 21 heavy (non-hydrogen) atoms. The molecule has 0 unspecified atom stereocenters. The second-order valence-electron chi connectivity index (χ2n) is 4.52. The first-order valence-electron chi connectivity index (χ1n) is 6.59. The predicted molar refractivity (Wildman–Crippen MR) is 79.7 cm³/mol. The fourth-order valence-corrected chi connectivity index (χ4v) is 2.08. The van der Waals surface area contributed by atoms with E-state index >= 15 is 0 Å². The van der Waals surface area contributed by atoms with Crippen molar-refractivity contribution in [3.8, 4) is 11.5 Å².